The number of hydrogen-bond acceptors (Lipinski definition) is 4. The summed E-state index contributed by atoms with van der Waals surface area (Å²) in [4.78, 5) is 27.2. The van der Waals surface area contributed by atoms with Crippen LogP contribution >= 0.6 is 11.6 Å². The first-order valence-corrected chi connectivity index (χ1v) is 9.65. The fourth-order valence-electron chi connectivity index (χ4n) is 3.82. The molecule has 1 N–H and O–H groups in total. The molecule has 0 saturated carbocycles. The van der Waals surface area contributed by atoms with Crippen molar-refractivity contribution in [1.29, 1.82) is 0 Å². The molecule has 1 amide bonds. The second kappa shape index (κ2) is 7.78. The number of amides is 1. The Morgan fingerprint density at radius 2 is 1.82 bits per heavy atom. The van der Waals surface area contributed by atoms with Crippen LogP contribution in [0.3, 0.4) is 0 Å². The number of ether oxygens (including phenoxy) is 1. The molecule has 28 heavy (non-hydrogen) atoms. The lowest BCUT2D eigenvalue weighted by Gasteiger charge is -2.27. The van der Waals surface area contributed by atoms with Gasteiger partial charge in [-0.2, -0.15) is 0 Å². The smallest absolute Gasteiger partial charge is 0.295 e. The molecular weight excluding hydrogens is 378 g/mol. The Morgan fingerprint density at radius 3 is 2.46 bits per heavy atom. The summed E-state index contributed by atoms with van der Waals surface area (Å²) >= 11 is 5.93. The van der Waals surface area contributed by atoms with E-state index < -0.39 is 17.7 Å². The van der Waals surface area contributed by atoms with Gasteiger partial charge in [0.05, 0.1) is 17.7 Å². The van der Waals surface area contributed by atoms with Crippen LogP contribution in [0.15, 0.2) is 60.2 Å². The van der Waals surface area contributed by atoms with E-state index in [1.807, 2.05) is 30.3 Å². The molecule has 0 spiro atoms. The summed E-state index contributed by atoms with van der Waals surface area (Å²) in [5.74, 6) is -1.49. The first-order valence-electron chi connectivity index (χ1n) is 9.27. The molecule has 2 aliphatic rings. The van der Waals surface area contributed by atoms with Gasteiger partial charge in [0.1, 0.15) is 5.76 Å². The molecular formula is C22H20ClNO4. The van der Waals surface area contributed by atoms with Gasteiger partial charge in [-0.3, -0.25) is 9.59 Å². The minimum Gasteiger partial charge on any atom is -0.507 e. The molecule has 2 aromatic carbocycles. The maximum atomic E-state index is 12.9. The molecule has 4 rings (SSSR count). The number of likely N-dealkylation sites (tertiary alicyclic amines) is 1. The summed E-state index contributed by atoms with van der Waals surface area (Å²) in [5, 5.41) is 11.4. The SMILES string of the molecule is O=C1C(=O)N(CC2CCCO2)C(c2ccccc2)/C1=C(/O)c1ccc(Cl)cc1. The van der Waals surface area contributed by atoms with Gasteiger partial charge in [-0.25, -0.2) is 0 Å². The van der Waals surface area contributed by atoms with Crippen molar-refractivity contribution in [3.05, 3.63) is 76.3 Å². The van der Waals surface area contributed by atoms with E-state index in [0.29, 0.717) is 23.7 Å². The van der Waals surface area contributed by atoms with Crippen LogP contribution in [-0.4, -0.2) is 41.0 Å². The molecule has 0 bridgehead atoms. The highest BCUT2D eigenvalue weighted by molar-refractivity contribution is 6.46. The summed E-state index contributed by atoms with van der Waals surface area (Å²) in [6, 6.07) is 15.2. The summed E-state index contributed by atoms with van der Waals surface area (Å²) in [5.41, 5.74) is 1.31. The molecule has 144 valence electrons. The fraction of sp³-hybridized carbons (Fsp3) is 0.273. The van der Waals surface area contributed by atoms with Gasteiger partial charge in [-0.05, 0) is 42.7 Å². The number of benzene rings is 2. The number of aliphatic hydroxyl groups is 1. The second-order valence-electron chi connectivity index (χ2n) is 7.00. The predicted octanol–water partition coefficient (Wildman–Crippen LogP) is 3.94. The van der Waals surface area contributed by atoms with Crippen LogP contribution in [0.25, 0.3) is 5.76 Å². The number of halogens is 1. The minimum absolute atomic E-state index is 0.0940. The largest absolute Gasteiger partial charge is 0.507 e. The van der Waals surface area contributed by atoms with E-state index in [1.165, 1.54) is 4.90 Å². The van der Waals surface area contributed by atoms with Gasteiger partial charge < -0.3 is 14.7 Å². The van der Waals surface area contributed by atoms with Gasteiger partial charge in [0.15, 0.2) is 0 Å². The molecule has 2 aromatic rings. The number of aliphatic hydroxyl groups excluding tert-OH is 1. The van der Waals surface area contributed by atoms with Gasteiger partial charge in [0.25, 0.3) is 11.7 Å². The maximum Gasteiger partial charge on any atom is 0.295 e. The van der Waals surface area contributed by atoms with E-state index in [0.717, 1.165) is 18.4 Å². The van der Waals surface area contributed by atoms with Crippen LogP contribution in [0.4, 0.5) is 0 Å². The van der Waals surface area contributed by atoms with Gasteiger partial charge in [0, 0.05) is 23.7 Å². The van der Waals surface area contributed by atoms with Crippen molar-refractivity contribution in [3.63, 3.8) is 0 Å². The Labute approximate surface area is 168 Å². The molecule has 0 aromatic heterocycles. The molecule has 2 unspecified atom stereocenters. The lowest BCUT2D eigenvalue weighted by Crippen LogP contribution is -2.36. The molecule has 2 heterocycles. The lowest BCUT2D eigenvalue weighted by molar-refractivity contribution is -0.140. The van der Waals surface area contributed by atoms with Gasteiger partial charge in [0.2, 0.25) is 0 Å². The van der Waals surface area contributed by atoms with Gasteiger partial charge in [-0.1, -0.05) is 41.9 Å². The van der Waals surface area contributed by atoms with E-state index in [1.54, 1.807) is 24.3 Å². The summed E-state index contributed by atoms with van der Waals surface area (Å²) in [6.07, 6.45) is 1.69. The number of hydrogen-bond donors (Lipinski definition) is 1. The quantitative estimate of drug-likeness (QED) is 0.482. The van der Waals surface area contributed by atoms with E-state index in [9.17, 15) is 14.7 Å². The maximum absolute atomic E-state index is 12.9. The van der Waals surface area contributed by atoms with Crippen molar-refractivity contribution in [2.75, 3.05) is 13.2 Å². The highest BCUT2D eigenvalue weighted by atomic mass is 35.5. The molecule has 0 radical (unpaired) electrons. The zero-order valence-electron chi connectivity index (χ0n) is 15.2. The minimum atomic E-state index is -0.681. The van der Waals surface area contributed by atoms with Crippen molar-refractivity contribution in [1.82, 2.24) is 4.90 Å². The van der Waals surface area contributed by atoms with Crippen molar-refractivity contribution in [2.24, 2.45) is 0 Å². The van der Waals surface area contributed by atoms with Crippen molar-refractivity contribution in [2.45, 2.75) is 25.0 Å². The van der Waals surface area contributed by atoms with Crippen LogP contribution in [-0.2, 0) is 14.3 Å². The van der Waals surface area contributed by atoms with Crippen LogP contribution in [0, 0.1) is 0 Å². The lowest BCUT2D eigenvalue weighted by atomic mass is 9.95. The van der Waals surface area contributed by atoms with E-state index in [2.05, 4.69) is 0 Å². The van der Waals surface area contributed by atoms with Crippen LogP contribution in [0.5, 0.6) is 0 Å². The third-order valence-corrected chi connectivity index (χ3v) is 5.45. The third kappa shape index (κ3) is 3.43. The zero-order valence-corrected chi connectivity index (χ0v) is 15.9. The third-order valence-electron chi connectivity index (χ3n) is 5.20. The average molecular weight is 398 g/mol. The van der Waals surface area contributed by atoms with Crippen LogP contribution in [0.2, 0.25) is 5.02 Å². The molecule has 2 saturated heterocycles. The molecule has 6 heteroatoms. The number of ketones is 1. The van der Waals surface area contributed by atoms with Crippen molar-refractivity contribution in [3.8, 4) is 0 Å². The van der Waals surface area contributed by atoms with Crippen LogP contribution in [0.1, 0.15) is 30.0 Å². The number of nitrogens with zero attached hydrogens (tertiary/aromatic N) is 1. The van der Waals surface area contributed by atoms with Gasteiger partial charge in [-0.15, -0.1) is 0 Å². The molecule has 2 aliphatic heterocycles. The molecule has 2 fully saturated rings. The standard InChI is InChI=1S/C22H20ClNO4/c23-16-10-8-15(9-11-16)20(25)18-19(14-5-2-1-3-6-14)24(22(27)21(18)26)13-17-7-4-12-28-17/h1-3,5-6,8-11,17,19,25H,4,7,12-13H2/b20-18-. The molecule has 0 aliphatic carbocycles. The summed E-state index contributed by atoms with van der Waals surface area (Å²) in [7, 11) is 0. The Morgan fingerprint density at radius 1 is 1.11 bits per heavy atom. The monoisotopic (exact) mass is 397 g/mol. The molecule has 2 atom stereocenters. The van der Waals surface area contributed by atoms with Crippen LogP contribution < -0.4 is 0 Å². The highest BCUT2D eigenvalue weighted by Crippen LogP contribution is 2.40. The van der Waals surface area contributed by atoms with E-state index in [4.69, 9.17) is 16.3 Å². The van der Waals surface area contributed by atoms with E-state index >= 15 is 0 Å². The molecule has 5 nitrogen and oxygen atoms in total. The Bertz CT molecular complexity index is 917. The Balaban J connectivity index is 1.80. The number of carbonyl (C=O) groups is 2. The summed E-state index contributed by atoms with van der Waals surface area (Å²) in [6.45, 7) is 0.983. The summed E-state index contributed by atoms with van der Waals surface area (Å²) < 4.78 is 5.68. The predicted molar refractivity (Wildman–Crippen MR) is 106 cm³/mol. The number of Topliss-reactive ketones (excluding diaryl/α,β-unsaturated/α-hetero) is 1. The highest BCUT2D eigenvalue weighted by Gasteiger charge is 2.46. The van der Waals surface area contributed by atoms with Crippen molar-refractivity contribution < 1.29 is 19.4 Å². The number of rotatable bonds is 4. The average Bonchev–Trinajstić information content (AvgIpc) is 3.31. The fourth-order valence-corrected chi connectivity index (χ4v) is 3.95. The Kier molecular flexibility index (Phi) is 5.20. The van der Waals surface area contributed by atoms with Crippen molar-refractivity contribution >= 4 is 29.1 Å². The van der Waals surface area contributed by atoms with Gasteiger partial charge >= 0.3 is 0 Å². The first kappa shape index (κ1) is 18.7. The second-order valence-corrected chi connectivity index (χ2v) is 7.44. The number of carbonyl (C=O) groups excluding carboxylic acids is 2. The first-order chi connectivity index (χ1) is 13.6. The topological polar surface area (TPSA) is 66.8 Å². The zero-order chi connectivity index (χ0) is 19.7. The normalized spacial score (nSPS) is 24.1. The van der Waals surface area contributed by atoms with E-state index in [-0.39, 0.29) is 17.4 Å². The Hall–Kier alpha value is -2.63.